The van der Waals surface area contributed by atoms with Crippen LogP contribution in [0.2, 0.25) is 0 Å². The molecule has 8 heteroatoms. The number of amides is 1. The molecule has 24 heavy (non-hydrogen) atoms. The number of aryl methyl sites for hydroxylation is 1. The average molecular weight is 368 g/mol. The first-order chi connectivity index (χ1) is 11.3. The molecule has 1 aromatic carbocycles. The van der Waals surface area contributed by atoms with Crippen molar-refractivity contribution in [2.45, 2.75) is 31.6 Å². The van der Waals surface area contributed by atoms with Crippen molar-refractivity contribution in [3.05, 3.63) is 23.8 Å². The summed E-state index contributed by atoms with van der Waals surface area (Å²) >= 11 is 1.38. The van der Waals surface area contributed by atoms with E-state index >= 15 is 0 Å². The zero-order valence-electron chi connectivity index (χ0n) is 13.9. The Morgan fingerprint density at radius 3 is 2.83 bits per heavy atom. The van der Waals surface area contributed by atoms with Crippen molar-refractivity contribution in [3.63, 3.8) is 0 Å². The maximum atomic E-state index is 12.0. The second kappa shape index (κ2) is 6.40. The van der Waals surface area contributed by atoms with E-state index in [0.717, 1.165) is 11.3 Å². The van der Waals surface area contributed by atoms with Crippen LogP contribution in [0.15, 0.2) is 23.2 Å². The van der Waals surface area contributed by atoms with Gasteiger partial charge in [0, 0.05) is 11.7 Å². The molecule has 0 aliphatic carbocycles. The van der Waals surface area contributed by atoms with Gasteiger partial charge in [-0.25, -0.2) is 8.42 Å². The van der Waals surface area contributed by atoms with Crippen molar-refractivity contribution >= 4 is 38.4 Å². The summed E-state index contributed by atoms with van der Waals surface area (Å²) in [7, 11) is -1.50. The van der Waals surface area contributed by atoms with Crippen LogP contribution < -0.4 is 9.64 Å². The van der Waals surface area contributed by atoms with E-state index in [2.05, 4.69) is 4.99 Å². The number of carbonyl (C=O) groups is 1. The molecule has 6 nitrogen and oxygen atoms in total. The molecule has 1 amide bonds. The first-order valence-electron chi connectivity index (χ1n) is 7.77. The molecule has 0 N–H and O–H groups in total. The number of methoxy groups -OCH3 is 1. The van der Waals surface area contributed by atoms with E-state index in [1.165, 1.54) is 11.8 Å². The summed E-state index contributed by atoms with van der Waals surface area (Å²) in [6, 6.07) is 5.51. The first kappa shape index (κ1) is 17.3. The van der Waals surface area contributed by atoms with Gasteiger partial charge < -0.3 is 9.64 Å². The Hall–Kier alpha value is -1.54. The van der Waals surface area contributed by atoms with E-state index in [1.807, 2.05) is 30.0 Å². The van der Waals surface area contributed by atoms with Gasteiger partial charge in [0.05, 0.1) is 30.3 Å². The summed E-state index contributed by atoms with van der Waals surface area (Å²) in [5.74, 6) is 0.618. The summed E-state index contributed by atoms with van der Waals surface area (Å²) < 4.78 is 29.6. The van der Waals surface area contributed by atoms with Crippen LogP contribution >= 0.6 is 11.8 Å². The van der Waals surface area contributed by atoms with Crippen molar-refractivity contribution in [2.24, 2.45) is 4.99 Å². The number of aliphatic imine (C=N–C) groups is 1. The molecule has 0 radical (unpaired) electrons. The molecule has 3 rings (SSSR count). The Kier molecular flexibility index (Phi) is 4.61. The predicted octanol–water partition coefficient (Wildman–Crippen LogP) is 2.02. The molecule has 0 saturated carbocycles. The lowest BCUT2D eigenvalue weighted by molar-refractivity contribution is -0.117. The van der Waals surface area contributed by atoms with E-state index in [0.29, 0.717) is 17.3 Å². The number of fused-ring (bicyclic) bond motifs is 1. The third-order valence-electron chi connectivity index (χ3n) is 4.18. The number of carbonyl (C=O) groups excluding carboxylic acids is 1. The predicted molar refractivity (Wildman–Crippen MR) is 96.8 cm³/mol. The highest BCUT2D eigenvalue weighted by atomic mass is 32.2. The van der Waals surface area contributed by atoms with Crippen LogP contribution in [0.25, 0.3) is 0 Å². The van der Waals surface area contributed by atoms with Gasteiger partial charge in [-0.05, 0) is 24.6 Å². The number of ether oxygens (including phenoxy) is 1. The monoisotopic (exact) mass is 368 g/mol. The lowest BCUT2D eigenvalue weighted by Gasteiger charge is -2.26. The van der Waals surface area contributed by atoms with Gasteiger partial charge in [-0.1, -0.05) is 24.8 Å². The zero-order valence-corrected chi connectivity index (χ0v) is 15.5. The van der Waals surface area contributed by atoms with E-state index in [9.17, 15) is 13.2 Å². The van der Waals surface area contributed by atoms with Crippen LogP contribution in [0.4, 0.5) is 5.69 Å². The van der Waals surface area contributed by atoms with Crippen molar-refractivity contribution in [1.82, 2.24) is 0 Å². The molecule has 0 unspecified atom stereocenters. The number of hydrogen-bond donors (Lipinski definition) is 0. The normalized spacial score (nSPS) is 26.6. The Balaban J connectivity index is 2.10. The lowest BCUT2D eigenvalue weighted by atomic mass is 10.1. The van der Waals surface area contributed by atoms with E-state index in [4.69, 9.17) is 4.74 Å². The Labute approximate surface area is 146 Å². The SMILES string of the molecule is CCC(=O)N=C1S[C@@H]2CS(=O)(=O)C[C@H]2N1c1cc(C)ccc1OC. The van der Waals surface area contributed by atoms with Gasteiger partial charge in [-0.15, -0.1) is 0 Å². The molecule has 2 aliphatic rings. The molecule has 130 valence electrons. The molecule has 2 aliphatic heterocycles. The maximum absolute atomic E-state index is 12.0. The summed E-state index contributed by atoms with van der Waals surface area (Å²) in [5, 5.41) is 0.458. The minimum Gasteiger partial charge on any atom is -0.495 e. The summed E-state index contributed by atoms with van der Waals surface area (Å²) in [6.07, 6.45) is 0.316. The Morgan fingerprint density at radius 1 is 1.42 bits per heavy atom. The molecule has 0 bridgehead atoms. The van der Waals surface area contributed by atoms with Crippen molar-refractivity contribution in [3.8, 4) is 5.75 Å². The molecule has 2 saturated heterocycles. The second-order valence-electron chi connectivity index (χ2n) is 5.99. The maximum Gasteiger partial charge on any atom is 0.247 e. The quantitative estimate of drug-likeness (QED) is 0.812. The minimum absolute atomic E-state index is 0.0705. The average Bonchev–Trinajstić information content (AvgIpc) is 2.97. The third-order valence-corrected chi connectivity index (χ3v) is 7.39. The van der Waals surface area contributed by atoms with Gasteiger partial charge in [0.25, 0.3) is 0 Å². The number of thioether (sulfide) groups is 1. The van der Waals surface area contributed by atoms with E-state index in [1.54, 1.807) is 14.0 Å². The number of sulfone groups is 1. The first-order valence-corrected chi connectivity index (χ1v) is 10.5. The standard InChI is InChI=1S/C16H20N2O4S2/c1-4-15(19)17-16-18(11-7-10(2)5-6-13(11)22-3)12-8-24(20,21)9-14(12)23-16/h5-7,12,14H,4,8-9H2,1-3H3/t12-,14-/m1/s1. The van der Waals surface area contributed by atoms with Gasteiger partial charge >= 0.3 is 0 Å². The van der Waals surface area contributed by atoms with E-state index < -0.39 is 9.84 Å². The molecular formula is C16H20N2O4S2. The lowest BCUT2D eigenvalue weighted by Crippen LogP contribution is -2.38. The fourth-order valence-corrected chi connectivity index (χ4v) is 6.94. The van der Waals surface area contributed by atoms with Crippen LogP contribution in [-0.2, 0) is 14.6 Å². The second-order valence-corrected chi connectivity index (χ2v) is 9.35. The molecule has 2 atom stereocenters. The van der Waals surface area contributed by atoms with Gasteiger partial charge in [-0.3, -0.25) is 4.79 Å². The van der Waals surface area contributed by atoms with Gasteiger partial charge in [0.1, 0.15) is 5.75 Å². The van der Waals surface area contributed by atoms with E-state index in [-0.39, 0.29) is 28.7 Å². The topological polar surface area (TPSA) is 76.0 Å². The third kappa shape index (κ3) is 3.17. The number of amidine groups is 1. The smallest absolute Gasteiger partial charge is 0.247 e. The van der Waals surface area contributed by atoms with Gasteiger partial charge in [0.2, 0.25) is 5.91 Å². The largest absolute Gasteiger partial charge is 0.495 e. The number of rotatable bonds is 3. The highest BCUT2D eigenvalue weighted by Gasteiger charge is 2.50. The van der Waals surface area contributed by atoms with Crippen molar-refractivity contribution < 1.29 is 17.9 Å². The Morgan fingerprint density at radius 2 is 2.17 bits per heavy atom. The van der Waals surface area contributed by atoms with Crippen molar-refractivity contribution in [2.75, 3.05) is 23.5 Å². The zero-order chi connectivity index (χ0) is 17.5. The summed E-state index contributed by atoms with van der Waals surface area (Å²) in [4.78, 5) is 17.9. The molecule has 2 fully saturated rings. The number of anilines is 1. The fraction of sp³-hybridized carbons (Fsp3) is 0.500. The summed E-state index contributed by atoms with van der Waals surface area (Å²) in [5.41, 5.74) is 1.79. The summed E-state index contributed by atoms with van der Waals surface area (Å²) in [6.45, 7) is 3.72. The fourth-order valence-electron chi connectivity index (χ4n) is 3.02. The molecular weight excluding hydrogens is 348 g/mol. The number of benzene rings is 1. The molecule has 0 aromatic heterocycles. The van der Waals surface area contributed by atoms with Crippen LogP contribution in [-0.4, -0.2) is 49.4 Å². The van der Waals surface area contributed by atoms with Gasteiger partial charge in [-0.2, -0.15) is 4.99 Å². The van der Waals surface area contributed by atoms with Crippen LogP contribution in [0.1, 0.15) is 18.9 Å². The number of hydrogen-bond acceptors (Lipinski definition) is 5. The Bertz CT molecular complexity index is 804. The molecule has 1 aromatic rings. The van der Waals surface area contributed by atoms with Crippen LogP contribution in [0.5, 0.6) is 5.75 Å². The van der Waals surface area contributed by atoms with Crippen LogP contribution in [0, 0.1) is 6.92 Å². The highest BCUT2D eigenvalue weighted by Crippen LogP contribution is 2.44. The minimum atomic E-state index is -3.08. The van der Waals surface area contributed by atoms with Crippen LogP contribution in [0.3, 0.4) is 0 Å². The number of nitrogens with zero attached hydrogens (tertiary/aromatic N) is 2. The molecule has 2 heterocycles. The van der Waals surface area contributed by atoms with Gasteiger partial charge in [0.15, 0.2) is 15.0 Å². The highest BCUT2D eigenvalue weighted by molar-refractivity contribution is 8.16. The van der Waals surface area contributed by atoms with Crippen molar-refractivity contribution in [1.29, 1.82) is 0 Å². The molecule has 0 spiro atoms.